The summed E-state index contributed by atoms with van der Waals surface area (Å²) in [6, 6.07) is 0. The molecule has 0 saturated heterocycles. The minimum absolute atomic E-state index is 0. The predicted molar refractivity (Wildman–Crippen MR) is 12.6 cm³/mol. The van der Waals surface area contributed by atoms with Crippen LogP contribution in [0.15, 0.2) is 0 Å². The Hall–Kier alpha value is 1.57. The van der Waals surface area contributed by atoms with Crippen LogP contribution in [-0.2, 0) is 4.57 Å². The topological polar surface area (TPSA) is 37.3 Å². The Bertz CT molecular complexity index is 13.5. The summed E-state index contributed by atoms with van der Waals surface area (Å²) in [5.74, 6) is 0. The van der Waals surface area contributed by atoms with Crippen LogP contribution in [0, 0.1) is 41.7 Å². The second-order valence-corrected chi connectivity index (χ2v) is 0.316. The van der Waals surface area contributed by atoms with Crippen LogP contribution in [0.25, 0.3) is 0 Å². The summed E-state index contributed by atoms with van der Waals surface area (Å²) in [7, 11) is -1.50. The molecule has 1 atom stereocenters. The molecule has 0 radical (unpaired) electrons. The van der Waals surface area contributed by atoms with Gasteiger partial charge in [-0.05, 0) is 0 Å². The van der Waals surface area contributed by atoms with Gasteiger partial charge in [-0.3, -0.25) is 4.57 Å². The minimum atomic E-state index is -1.50. The second kappa shape index (κ2) is 8.82. The number of hydrogen-bond acceptors (Lipinski definition) is 1. The van der Waals surface area contributed by atoms with Gasteiger partial charge in [0.05, 0.1) is 0 Å². The fourth-order valence-corrected chi connectivity index (χ4v) is 0. The first-order valence-corrected chi connectivity index (χ1v) is 1.48. The number of rotatable bonds is 0. The maximum atomic E-state index is 8.57. The first kappa shape index (κ1) is 9.13. The van der Waals surface area contributed by atoms with Crippen LogP contribution in [0.5, 0.6) is 0 Å². The fraction of sp³-hybridized carbons (Fsp3) is 0. The molecule has 0 aliphatic heterocycles. The van der Waals surface area contributed by atoms with E-state index in [-0.39, 0.29) is 41.7 Å². The molecule has 0 rings (SSSR count). The van der Waals surface area contributed by atoms with Gasteiger partial charge >= 0.3 is 0 Å². The van der Waals surface area contributed by atoms with E-state index in [9.17, 15) is 0 Å². The van der Waals surface area contributed by atoms with E-state index in [1.54, 1.807) is 0 Å². The van der Waals surface area contributed by atoms with Gasteiger partial charge in [0.1, 0.15) is 0 Å². The summed E-state index contributed by atoms with van der Waals surface area (Å²) in [5, 5.41) is 0. The van der Waals surface area contributed by atoms with Gasteiger partial charge in [0.2, 0.25) is 0 Å². The van der Waals surface area contributed by atoms with Crippen molar-refractivity contribution in [3.8, 4) is 0 Å². The third-order valence-corrected chi connectivity index (χ3v) is 0. The molecule has 4 heteroatoms. The van der Waals surface area contributed by atoms with E-state index in [1.807, 2.05) is 0 Å². The van der Waals surface area contributed by atoms with Crippen molar-refractivity contribution in [2.45, 2.75) is 0 Å². The van der Waals surface area contributed by atoms with Crippen LogP contribution < -0.4 is 0 Å². The standard InChI is InChI=1S/Ce.H3O2P/c;1-3-2/h;3H2,(H,1,2). The normalized spacial score (nSPS) is 7.25. The van der Waals surface area contributed by atoms with Crippen LogP contribution in [-0.4, -0.2) is 4.89 Å². The zero-order valence-corrected chi connectivity index (χ0v) is 6.23. The molecule has 1 N–H and O–H groups in total. The van der Waals surface area contributed by atoms with Gasteiger partial charge in [0, 0.05) is 41.7 Å². The van der Waals surface area contributed by atoms with Gasteiger partial charge in [0.25, 0.3) is 0 Å². The third kappa shape index (κ3) is 9.57. The molecule has 2 nitrogen and oxygen atoms in total. The Morgan fingerprint density at radius 1 is 1.75 bits per heavy atom. The van der Waals surface area contributed by atoms with Gasteiger partial charge in [-0.1, -0.05) is 0 Å². The van der Waals surface area contributed by atoms with Crippen molar-refractivity contribution >= 4 is 8.69 Å². The Labute approximate surface area is 59.3 Å². The summed E-state index contributed by atoms with van der Waals surface area (Å²) in [6.07, 6.45) is 0. The minimum Gasteiger partial charge on any atom is -0.348 e. The first-order chi connectivity index (χ1) is 1.41. The van der Waals surface area contributed by atoms with Crippen molar-refractivity contribution in [1.29, 1.82) is 0 Å². The summed E-state index contributed by atoms with van der Waals surface area (Å²) in [5.41, 5.74) is 0. The molecule has 0 saturated carbocycles. The van der Waals surface area contributed by atoms with E-state index in [2.05, 4.69) is 0 Å². The van der Waals surface area contributed by atoms with E-state index in [0.717, 1.165) is 0 Å². The quantitative estimate of drug-likeness (QED) is 0.550. The van der Waals surface area contributed by atoms with Crippen LogP contribution in [0.1, 0.15) is 0 Å². The molecular weight excluding hydrogens is 203 g/mol. The second-order valence-electron chi connectivity index (χ2n) is 0.105. The summed E-state index contributed by atoms with van der Waals surface area (Å²) >= 11 is 0. The molecule has 0 bridgehead atoms. The van der Waals surface area contributed by atoms with Crippen LogP contribution >= 0.6 is 8.69 Å². The van der Waals surface area contributed by atoms with Crippen molar-refractivity contribution in [3.63, 3.8) is 0 Å². The molecule has 1 unspecified atom stereocenters. The van der Waals surface area contributed by atoms with Crippen molar-refractivity contribution in [2.75, 3.05) is 0 Å². The van der Waals surface area contributed by atoms with Crippen molar-refractivity contribution < 1.29 is 51.2 Å². The molecule has 4 heavy (non-hydrogen) atoms. The van der Waals surface area contributed by atoms with Crippen LogP contribution in [0.4, 0.5) is 0 Å². The molecule has 0 aliphatic carbocycles. The van der Waals surface area contributed by atoms with E-state index in [0.29, 0.717) is 0 Å². The van der Waals surface area contributed by atoms with Gasteiger partial charge < -0.3 is 4.89 Å². The Kier molecular flexibility index (Phi) is 20.1. The molecule has 0 aromatic heterocycles. The predicted octanol–water partition coefficient (Wildman–Crippen LogP) is -0.350. The molecule has 0 amide bonds. The van der Waals surface area contributed by atoms with Crippen molar-refractivity contribution in [1.82, 2.24) is 0 Å². The van der Waals surface area contributed by atoms with Crippen molar-refractivity contribution in [2.24, 2.45) is 0 Å². The smallest absolute Gasteiger partial charge is 0.177 e. The molecule has 0 aromatic rings. The van der Waals surface area contributed by atoms with E-state index >= 15 is 0 Å². The van der Waals surface area contributed by atoms with Gasteiger partial charge in [0.15, 0.2) is 8.69 Å². The molecule has 0 aliphatic rings. The van der Waals surface area contributed by atoms with Gasteiger partial charge in [-0.15, -0.1) is 0 Å². The Balaban J connectivity index is 0. The molecular formula is H3CeO2P. The van der Waals surface area contributed by atoms with E-state index in [1.165, 1.54) is 0 Å². The average Bonchev–Trinajstić information content (AvgIpc) is 0.918. The van der Waals surface area contributed by atoms with Crippen LogP contribution in [0.2, 0.25) is 0 Å². The Morgan fingerprint density at radius 3 is 1.75 bits per heavy atom. The third-order valence-electron chi connectivity index (χ3n) is 0. The van der Waals surface area contributed by atoms with Crippen LogP contribution in [0.3, 0.4) is 0 Å². The van der Waals surface area contributed by atoms with E-state index < -0.39 is 8.69 Å². The van der Waals surface area contributed by atoms with Gasteiger partial charge in [-0.2, -0.15) is 0 Å². The van der Waals surface area contributed by atoms with Gasteiger partial charge in [-0.25, -0.2) is 0 Å². The molecule has 24 valence electrons. The first-order valence-electron chi connectivity index (χ1n) is 0.494. The Morgan fingerprint density at radius 2 is 1.75 bits per heavy atom. The molecule has 0 spiro atoms. The molecule has 0 aromatic carbocycles. The maximum Gasteiger partial charge on any atom is 0.177 e. The zero-order chi connectivity index (χ0) is 2.71. The monoisotopic (exact) mass is 206 g/mol. The molecule has 0 fully saturated rings. The molecule has 0 heterocycles. The SMILES string of the molecule is O=[PH2]O.[Ce]. The summed E-state index contributed by atoms with van der Waals surface area (Å²) < 4.78 is 8.57. The maximum absolute atomic E-state index is 8.57. The largest absolute Gasteiger partial charge is 0.348 e. The summed E-state index contributed by atoms with van der Waals surface area (Å²) in [4.78, 5) is 7.10. The summed E-state index contributed by atoms with van der Waals surface area (Å²) in [6.45, 7) is 0. The fourth-order valence-electron chi connectivity index (χ4n) is 0. The average molecular weight is 206 g/mol. The van der Waals surface area contributed by atoms with Crippen molar-refractivity contribution in [3.05, 3.63) is 0 Å². The zero-order valence-electron chi connectivity index (χ0n) is 1.93. The number of hydrogen-bond donors (Lipinski definition) is 1. The van der Waals surface area contributed by atoms with E-state index in [4.69, 9.17) is 9.46 Å².